The third kappa shape index (κ3) is 3.96. The molecule has 1 amide bonds. The van der Waals surface area contributed by atoms with E-state index in [-0.39, 0.29) is 28.9 Å². The van der Waals surface area contributed by atoms with Crippen LogP contribution in [0.2, 0.25) is 0 Å². The Morgan fingerprint density at radius 3 is 2.83 bits per heavy atom. The summed E-state index contributed by atoms with van der Waals surface area (Å²) in [6, 6.07) is 6.20. The molecule has 3 aromatic rings. The number of nitrogens with one attached hydrogen (secondary N) is 1. The van der Waals surface area contributed by atoms with Crippen molar-refractivity contribution in [1.29, 1.82) is 0 Å². The average Bonchev–Trinajstić information content (AvgIpc) is 3.05. The van der Waals surface area contributed by atoms with Crippen LogP contribution in [0.3, 0.4) is 0 Å². The minimum atomic E-state index is -0.492. The highest BCUT2D eigenvalue weighted by Crippen LogP contribution is 2.35. The molecule has 0 saturated carbocycles. The summed E-state index contributed by atoms with van der Waals surface area (Å²) in [5, 5.41) is 3.77. The summed E-state index contributed by atoms with van der Waals surface area (Å²) in [5.74, 6) is -0.534. The van der Waals surface area contributed by atoms with Gasteiger partial charge in [0.25, 0.3) is 5.56 Å². The number of carbonyl (C=O) groups excluding carboxylic acids is 1. The van der Waals surface area contributed by atoms with Crippen LogP contribution in [0, 0.1) is 5.82 Å². The number of rotatable bonds is 5. The maximum absolute atomic E-state index is 14.6. The van der Waals surface area contributed by atoms with E-state index in [2.05, 4.69) is 5.32 Å². The van der Waals surface area contributed by atoms with Crippen molar-refractivity contribution in [1.82, 2.24) is 14.9 Å². The van der Waals surface area contributed by atoms with Crippen LogP contribution in [0.25, 0.3) is 15.9 Å². The van der Waals surface area contributed by atoms with E-state index in [0.29, 0.717) is 15.4 Å². The van der Waals surface area contributed by atoms with Crippen LogP contribution < -0.4 is 10.9 Å². The summed E-state index contributed by atoms with van der Waals surface area (Å²) in [7, 11) is 0. The van der Waals surface area contributed by atoms with E-state index >= 15 is 0 Å². The lowest BCUT2D eigenvalue weighted by molar-refractivity contribution is -0.119. The van der Waals surface area contributed by atoms with Gasteiger partial charge in [-0.25, -0.2) is 9.37 Å². The van der Waals surface area contributed by atoms with Crippen molar-refractivity contribution in [3.8, 4) is 5.69 Å². The summed E-state index contributed by atoms with van der Waals surface area (Å²) in [4.78, 5) is 32.2. The number of thioether (sulfide) groups is 1. The van der Waals surface area contributed by atoms with Gasteiger partial charge >= 0.3 is 0 Å². The largest absolute Gasteiger partial charge is 0.353 e. The number of hydrogen-bond acceptors (Lipinski definition) is 5. The summed E-state index contributed by atoms with van der Waals surface area (Å²) >= 11 is 2.70. The third-order valence-corrected chi connectivity index (χ3v) is 6.96. The van der Waals surface area contributed by atoms with Crippen molar-refractivity contribution >= 4 is 39.2 Å². The maximum atomic E-state index is 14.6. The van der Waals surface area contributed by atoms with Crippen LogP contribution in [-0.4, -0.2) is 27.3 Å². The molecule has 1 aliphatic carbocycles. The number of benzene rings is 1. The molecule has 0 saturated heterocycles. The van der Waals surface area contributed by atoms with E-state index in [0.717, 1.165) is 43.0 Å². The second-order valence-electron chi connectivity index (χ2n) is 7.39. The molecular weight excluding hydrogens is 409 g/mol. The molecule has 0 bridgehead atoms. The molecule has 0 atom stereocenters. The monoisotopic (exact) mass is 431 g/mol. The van der Waals surface area contributed by atoms with Crippen molar-refractivity contribution in [3.05, 3.63) is 50.9 Å². The number of thiophene rings is 1. The Bertz CT molecular complexity index is 1140. The van der Waals surface area contributed by atoms with Gasteiger partial charge in [0.1, 0.15) is 10.6 Å². The molecule has 0 fully saturated rings. The van der Waals surface area contributed by atoms with Gasteiger partial charge in [0, 0.05) is 10.9 Å². The maximum Gasteiger partial charge on any atom is 0.267 e. The lowest BCUT2D eigenvalue weighted by Gasteiger charge is -2.14. The number of aromatic nitrogens is 2. The standard InChI is InChI=1S/C21H22FN3O2S2/c1-12(2)23-17(26)11-28-21-24-19-18(13-7-3-6-10-16(13)29-19)20(27)25(21)15-9-5-4-8-14(15)22/h4-5,8-9,12H,3,6-7,10-11H2,1-2H3,(H,23,26). The van der Waals surface area contributed by atoms with E-state index in [4.69, 9.17) is 4.98 Å². The highest BCUT2D eigenvalue weighted by molar-refractivity contribution is 7.99. The number of fused-ring (bicyclic) bond motifs is 3. The number of aryl methyl sites for hydroxylation is 2. The smallest absolute Gasteiger partial charge is 0.267 e. The van der Waals surface area contributed by atoms with Gasteiger partial charge in [0.05, 0.1) is 16.8 Å². The van der Waals surface area contributed by atoms with E-state index in [1.165, 1.54) is 15.5 Å². The molecule has 0 spiro atoms. The summed E-state index contributed by atoms with van der Waals surface area (Å²) < 4.78 is 15.9. The number of hydrogen-bond donors (Lipinski definition) is 1. The van der Waals surface area contributed by atoms with Crippen molar-refractivity contribution in [2.75, 3.05) is 5.75 Å². The van der Waals surface area contributed by atoms with Crippen LogP contribution in [-0.2, 0) is 17.6 Å². The molecule has 0 unspecified atom stereocenters. The highest BCUT2D eigenvalue weighted by atomic mass is 32.2. The normalized spacial score (nSPS) is 13.7. The van der Waals surface area contributed by atoms with Gasteiger partial charge in [-0.15, -0.1) is 11.3 Å². The van der Waals surface area contributed by atoms with Crippen molar-refractivity contribution in [2.24, 2.45) is 0 Å². The first-order valence-electron chi connectivity index (χ1n) is 9.70. The quantitative estimate of drug-likeness (QED) is 0.488. The van der Waals surface area contributed by atoms with Crippen molar-refractivity contribution < 1.29 is 9.18 Å². The molecular formula is C21H22FN3O2S2. The van der Waals surface area contributed by atoms with E-state index in [1.807, 2.05) is 13.8 Å². The van der Waals surface area contributed by atoms with Crippen LogP contribution in [0.1, 0.15) is 37.1 Å². The Kier molecular flexibility index (Phi) is 5.74. The second kappa shape index (κ2) is 8.28. The van der Waals surface area contributed by atoms with E-state index < -0.39 is 5.82 Å². The van der Waals surface area contributed by atoms with Gasteiger partial charge in [-0.3, -0.25) is 14.2 Å². The predicted octanol–water partition coefficient (Wildman–Crippen LogP) is 4.08. The van der Waals surface area contributed by atoms with Crippen LogP contribution in [0.4, 0.5) is 4.39 Å². The molecule has 0 radical (unpaired) electrons. The minimum absolute atomic E-state index is 0.0244. The lowest BCUT2D eigenvalue weighted by Crippen LogP contribution is -2.32. The molecule has 152 valence electrons. The Labute approximate surface area is 176 Å². The first-order chi connectivity index (χ1) is 14.0. The first-order valence-corrected chi connectivity index (χ1v) is 11.5. The molecule has 8 heteroatoms. The molecule has 2 aromatic heterocycles. The average molecular weight is 432 g/mol. The zero-order chi connectivity index (χ0) is 20.5. The van der Waals surface area contributed by atoms with Gasteiger partial charge in [0.2, 0.25) is 5.91 Å². The SMILES string of the molecule is CC(C)NC(=O)CSc1nc2sc3c(c2c(=O)n1-c1ccccc1F)CCCC3. The molecule has 29 heavy (non-hydrogen) atoms. The van der Waals surface area contributed by atoms with Gasteiger partial charge in [-0.1, -0.05) is 23.9 Å². The summed E-state index contributed by atoms with van der Waals surface area (Å²) in [6.45, 7) is 3.77. The van der Waals surface area contributed by atoms with Gasteiger partial charge in [-0.05, 0) is 57.2 Å². The predicted molar refractivity (Wildman–Crippen MR) is 116 cm³/mol. The Hall–Kier alpha value is -2.19. The molecule has 4 rings (SSSR count). The Balaban J connectivity index is 1.86. The second-order valence-corrected chi connectivity index (χ2v) is 9.41. The number of amides is 1. The van der Waals surface area contributed by atoms with Crippen molar-refractivity contribution in [3.63, 3.8) is 0 Å². The number of para-hydroxylation sites is 1. The fourth-order valence-corrected chi connectivity index (χ4v) is 5.74. The molecule has 5 nitrogen and oxygen atoms in total. The zero-order valence-corrected chi connectivity index (χ0v) is 18.0. The highest BCUT2D eigenvalue weighted by Gasteiger charge is 2.24. The van der Waals surface area contributed by atoms with E-state index in [1.54, 1.807) is 29.5 Å². The van der Waals surface area contributed by atoms with Gasteiger partial charge in [-0.2, -0.15) is 0 Å². The van der Waals surface area contributed by atoms with Gasteiger partial charge in [0.15, 0.2) is 5.16 Å². The number of halogens is 1. The lowest BCUT2D eigenvalue weighted by atomic mass is 9.97. The molecule has 2 heterocycles. The molecule has 1 N–H and O–H groups in total. The fraction of sp³-hybridized carbons (Fsp3) is 0.381. The van der Waals surface area contributed by atoms with Crippen molar-refractivity contribution in [2.45, 2.75) is 50.7 Å². The van der Waals surface area contributed by atoms with Crippen LogP contribution in [0.5, 0.6) is 0 Å². The van der Waals surface area contributed by atoms with Crippen LogP contribution in [0.15, 0.2) is 34.2 Å². The Morgan fingerprint density at radius 2 is 2.07 bits per heavy atom. The third-order valence-electron chi connectivity index (χ3n) is 4.83. The molecule has 1 aliphatic rings. The van der Waals surface area contributed by atoms with Gasteiger partial charge < -0.3 is 5.32 Å². The van der Waals surface area contributed by atoms with E-state index in [9.17, 15) is 14.0 Å². The zero-order valence-electron chi connectivity index (χ0n) is 16.3. The summed E-state index contributed by atoms with van der Waals surface area (Å²) in [5.41, 5.74) is 0.966. The molecule has 1 aromatic carbocycles. The number of carbonyl (C=O) groups is 1. The topological polar surface area (TPSA) is 64.0 Å². The minimum Gasteiger partial charge on any atom is -0.353 e. The fourth-order valence-electron chi connectivity index (χ4n) is 3.62. The Morgan fingerprint density at radius 1 is 1.31 bits per heavy atom. The van der Waals surface area contributed by atoms with Crippen LogP contribution >= 0.6 is 23.1 Å². The first kappa shape index (κ1) is 20.1. The number of nitrogens with zero attached hydrogens (tertiary/aromatic N) is 2. The summed E-state index contributed by atoms with van der Waals surface area (Å²) in [6.07, 6.45) is 3.96. The molecule has 0 aliphatic heterocycles.